The van der Waals surface area contributed by atoms with Crippen LogP contribution in [0.3, 0.4) is 0 Å². The van der Waals surface area contributed by atoms with Crippen molar-refractivity contribution in [3.63, 3.8) is 0 Å². The van der Waals surface area contributed by atoms with Crippen molar-refractivity contribution in [3.05, 3.63) is 23.8 Å². The van der Waals surface area contributed by atoms with Gasteiger partial charge in [-0.3, -0.25) is 4.79 Å². The molecule has 0 saturated heterocycles. The second kappa shape index (κ2) is 5.08. The largest absolute Gasteiger partial charge is 0.508 e. The number of phenols is 1. The third-order valence-electron chi connectivity index (χ3n) is 2.79. The zero-order valence-electron chi connectivity index (χ0n) is 9.81. The molecule has 1 aromatic carbocycles. The van der Waals surface area contributed by atoms with Gasteiger partial charge in [-0.2, -0.15) is 0 Å². The van der Waals surface area contributed by atoms with Crippen LogP contribution in [0.25, 0.3) is 0 Å². The maximum absolute atomic E-state index is 11.4. The molecule has 1 N–H and O–H groups in total. The van der Waals surface area contributed by atoms with Crippen molar-refractivity contribution >= 4 is 5.97 Å². The summed E-state index contributed by atoms with van der Waals surface area (Å²) in [6.45, 7) is 2.73. The van der Waals surface area contributed by atoms with E-state index < -0.39 is 0 Å². The Hall–Kier alpha value is -1.71. The van der Waals surface area contributed by atoms with Gasteiger partial charge in [0.25, 0.3) is 0 Å². The summed E-state index contributed by atoms with van der Waals surface area (Å²) < 4.78 is 10.5. The number of carbonyl (C=O) groups is 1. The Kier molecular flexibility index (Phi) is 3.52. The van der Waals surface area contributed by atoms with Crippen LogP contribution in [0.2, 0.25) is 0 Å². The summed E-state index contributed by atoms with van der Waals surface area (Å²) in [6.07, 6.45) is 1.10. The molecule has 1 aliphatic rings. The van der Waals surface area contributed by atoms with E-state index in [2.05, 4.69) is 0 Å². The molecular formula is C13H16O4. The van der Waals surface area contributed by atoms with Crippen molar-refractivity contribution in [3.8, 4) is 11.5 Å². The number of carbonyl (C=O) groups excluding carboxylic acids is 1. The molecule has 0 spiro atoms. The molecule has 92 valence electrons. The molecule has 1 aromatic rings. The minimum absolute atomic E-state index is 0.128. The standard InChI is InChI=1S/C13H16O4/c1-2-16-13(15)6-9-5-10-7-11(14)3-4-12(10)17-8-9/h3-4,7,9,14H,2,5-6,8H2,1H3. The highest BCUT2D eigenvalue weighted by Crippen LogP contribution is 2.31. The van der Waals surface area contributed by atoms with Gasteiger partial charge < -0.3 is 14.6 Å². The molecule has 0 aliphatic carbocycles. The highest BCUT2D eigenvalue weighted by atomic mass is 16.5. The zero-order chi connectivity index (χ0) is 12.3. The molecular weight excluding hydrogens is 220 g/mol. The van der Waals surface area contributed by atoms with Gasteiger partial charge in [0.05, 0.1) is 19.6 Å². The van der Waals surface area contributed by atoms with E-state index in [1.165, 1.54) is 0 Å². The van der Waals surface area contributed by atoms with Crippen LogP contribution in [-0.2, 0) is 16.0 Å². The fourth-order valence-electron chi connectivity index (χ4n) is 2.03. The normalized spacial score (nSPS) is 18.1. The molecule has 1 heterocycles. The highest BCUT2D eigenvalue weighted by molar-refractivity contribution is 5.69. The van der Waals surface area contributed by atoms with Gasteiger partial charge in [-0.05, 0) is 37.1 Å². The summed E-state index contributed by atoms with van der Waals surface area (Å²) in [4.78, 5) is 11.4. The first-order valence-electron chi connectivity index (χ1n) is 5.79. The third-order valence-corrected chi connectivity index (χ3v) is 2.79. The van der Waals surface area contributed by atoms with Crippen molar-refractivity contribution in [2.75, 3.05) is 13.2 Å². The van der Waals surface area contributed by atoms with E-state index in [4.69, 9.17) is 9.47 Å². The molecule has 1 unspecified atom stereocenters. The van der Waals surface area contributed by atoms with Gasteiger partial charge in [0.1, 0.15) is 11.5 Å². The lowest BCUT2D eigenvalue weighted by Gasteiger charge is -2.24. The average molecular weight is 236 g/mol. The van der Waals surface area contributed by atoms with E-state index in [9.17, 15) is 9.90 Å². The maximum atomic E-state index is 11.4. The fourth-order valence-corrected chi connectivity index (χ4v) is 2.03. The molecule has 0 radical (unpaired) electrons. The summed E-state index contributed by atoms with van der Waals surface area (Å²) in [7, 11) is 0. The molecule has 4 heteroatoms. The van der Waals surface area contributed by atoms with E-state index >= 15 is 0 Å². The zero-order valence-corrected chi connectivity index (χ0v) is 9.81. The van der Waals surface area contributed by atoms with Crippen LogP contribution in [-0.4, -0.2) is 24.3 Å². The minimum atomic E-state index is -0.190. The van der Waals surface area contributed by atoms with Crippen LogP contribution >= 0.6 is 0 Å². The monoisotopic (exact) mass is 236 g/mol. The topological polar surface area (TPSA) is 55.8 Å². The number of ether oxygens (including phenoxy) is 2. The summed E-state index contributed by atoms with van der Waals surface area (Å²) in [5.74, 6) is 0.958. The van der Waals surface area contributed by atoms with Gasteiger partial charge in [-0.25, -0.2) is 0 Å². The number of esters is 1. The van der Waals surface area contributed by atoms with Crippen LogP contribution in [0.5, 0.6) is 11.5 Å². The van der Waals surface area contributed by atoms with Gasteiger partial charge in [0.15, 0.2) is 0 Å². The summed E-state index contributed by atoms with van der Waals surface area (Å²) in [5.41, 5.74) is 0.950. The highest BCUT2D eigenvalue weighted by Gasteiger charge is 2.23. The SMILES string of the molecule is CCOC(=O)CC1COc2ccc(O)cc2C1. The molecule has 0 saturated carbocycles. The predicted octanol–water partition coefficient (Wildman–Crippen LogP) is 1.90. The Labute approximate surface area is 100 Å². The van der Waals surface area contributed by atoms with Gasteiger partial charge in [-0.1, -0.05) is 0 Å². The number of benzene rings is 1. The molecule has 0 fully saturated rings. The predicted molar refractivity (Wildman–Crippen MR) is 62.0 cm³/mol. The first-order chi connectivity index (χ1) is 8.19. The summed E-state index contributed by atoms with van der Waals surface area (Å²) in [6, 6.07) is 5.04. The molecule has 2 rings (SSSR count). The molecule has 4 nitrogen and oxygen atoms in total. The quantitative estimate of drug-likeness (QED) is 0.814. The Morgan fingerprint density at radius 2 is 2.41 bits per heavy atom. The Morgan fingerprint density at radius 3 is 3.18 bits per heavy atom. The third kappa shape index (κ3) is 2.90. The van der Waals surface area contributed by atoms with Crippen molar-refractivity contribution < 1.29 is 19.4 Å². The number of rotatable bonds is 3. The smallest absolute Gasteiger partial charge is 0.306 e. The van der Waals surface area contributed by atoms with Crippen molar-refractivity contribution in [2.45, 2.75) is 19.8 Å². The van der Waals surface area contributed by atoms with E-state index in [1.54, 1.807) is 25.1 Å². The number of phenolic OH excluding ortho intramolecular Hbond substituents is 1. The Balaban J connectivity index is 2.00. The van der Waals surface area contributed by atoms with Gasteiger partial charge >= 0.3 is 5.97 Å². The molecule has 0 amide bonds. The minimum Gasteiger partial charge on any atom is -0.508 e. The lowest BCUT2D eigenvalue weighted by atomic mass is 9.94. The van der Waals surface area contributed by atoms with Crippen LogP contribution in [0.1, 0.15) is 18.9 Å². The maximum Gasteiger partial charge on any atom is 0.306 e. The second-order valence-electron chi connectivity index (χ2n) is 4.18. The van der Waals surface area contributed by atoms with Crippen LogP contribution < -0.4 is 4.74 Å². The average Bonchev–Trinajstić information content (AvgIpc) is 2.28. The second-order valence-corrected chi connectivity index (χ2v) is 4.18. The molecule has 1 aliphatic heterocycles. The van der Waals surface area contributed by atoms with Gasteiger partial charge in [-0.15, -0.1) is 0 Å². The van der Waals surface area contributed by atoms with Crippen molar-refractivity contribution in [2.24, 2.45) is 5.92 Å². The van der Waals surface area contributed by atoms with Crippen molar-refractivity contribution in [1.82, 2.24) is 0 Å². The lowest BCUT2D eigenvalue weighted by Crippen LogP contribution is -2.24. The van der Waals surface area contributed by atoms with Crippen LogP contribution in [0.15, 0.2) is 18.2 Å². The first kappa shape index (κ1) is 11.8. The Bertz CT molecular complexity index is 414. The molecule has 0 bridgehead atoms. The van der Waals surface area contributed by atoms with Gasteiger partial charge in [0.2, 0.25) is 0 Å². The van der Waals surface area contributed by atoms with E-state index in [1.807, 2.05) is 0 Å². The molecule has 0 aromatic heterocycles. The van der Waals surface area contributed by atoms with E-state index in [-0.39, 0.29) is 17.6 Å². The molecule has 17 heavy (non-hydrogen) atoms. The van der Waals surface area contributed by atoms with E-state index in [0.29, 0.717) is 19.6 Å². The number of hydrogen-bond donors (Lipinski definition) is 1. The summed E-state index contributed by atoms with van der Waals surface area (Å²) in [5, 5.41) is 9.39. The van der Waals surface area contributed by atoms with Crippen LogP contribution in [0.4, 0.5) is 0 Å². The summed E-state index contributed by atoms with van der Waals surface area (Å²) >= 11 is 0. The van der Waals surface area contributed by atoms with Crippen LogP contribution in [0, 0.1) is 5.92 Å². The van der Waals surface area contributed by atoms with Crippen molar-refractivity contribution in [1.29, 1.82) is 0 Å². The Morgan fingerprint density at radius 1 is 1.59 bits per heavy atom. The fraction of sp³-hybridized carbons (Fsp3) is 0.462. The first-order valence-corrected chi connectivity index (χ1v) is 5.79. The number of hydrogen-bond acceptors (Lipinski definition) is 4. The number of fused-ring (bicyclic) bond motifs is 1. The van der Waals surface area contributed by atoms with E-state index in [0.717, 1.165) is 17.7 Å². The number of aromatic hydroxyl groups is 1. The molecule has 1 atom stereocenters. The lowest BCUT2D eigenvalue weighted by molar-refractivity contribution is -0.144. The van der Waals surface area contributed by atoms with Gasteiger partial charge in [0, 0.05) is 5.92 Å².